The molecule has 1 aliphatic rings. The maximum atomic E-state index is 8.98. The van der Waals surface area contributed by atoms with Gasteiger partial charge in [-0.1, -0.05) is 19.1 Å². The molecule has 0 fully saturated rings. The van der Waals surface area contributed by atoms with Gasteiger partial charge in [-0.25, -0.2) is 5.01 Å². The number of aliphatic hydroxyl groups excluding tert-OH is 1. The number of amidine groups is 1. The lowest BCUT2D eigenvalue weighted by Gasteiger charge is -2.12. The minimum absolute atomic E-state index is 0.117. The van der Waals surface area contributed by atoms with E-state index in [9.17, 15) is 0 Å². The first-order chi connectivity index (χ1) is 8.67. The Kier molecular flexibility index (Phi) is 3.62. The monoisotopic (exact) mass is 247 g/mol. The van der Waals surface area contributed by atoms with Crippen LogP contribution in [0.1, 0.15) is 12.5 Å². The molecular formula is C13H17N3O2. The largest absolute Gasteiger partial charge is 0.496 e. The minimum atomic E-state index is -0.296. The Morgan fingerprint density at radius 3 is 2.94 bits per heavy atom. The van der Waals surface area contributed by atoms with Crippen molar-refractivity contribution < 1.29 is 9.84 Å². The fourth-order valence-corrected chi connectivity index (χ4v) is 2.04. The first kappa shape index (κ1) is 12.6. The van der Waals surface area contributed by atoms with Crippen molar-refractivity contribution in [3.8, 4) is 5.75 Å². The fraction of sp³-hybridized carbons (Fsp3) is 0.385. The summed E-state index contributed by atoms with van der Waals surface area (Å²) in [4.78, 5) is 0. The van der Waals surface area contributed by atoms with Gasteiger partial charge >= 0.3 is 0 Å². The summed E-state index contributed by atoms with van der Waals surface area (Å²) in [6.07, 6.45) is 0. The Bertz CT molecular complexity index is 485. The van der Waals surface area contributed by atoms with Gasteiger partial charge in [0.05, 0.1) is 19.4 Å². The van der Waals surface area contributed by atoms with Crippen molar-refractivity contribution in [1.82, 2.24) is 5.01 Å². The predicted octanol–water partition coefficient (Wildman–Crippen LogP) is 1.32. The molecule has 0 aliphatic carbocycles. The Hall–Kier alpha value is -1.88. The van der Waals surface area contributed by atoms with Gasteiger partial charge in [-0.3, -0.25) is 5.41 Å². The van der Waals surface area contributed by atoms with Gasteiger partial charge < -0.3 is 9.84 Å². The van der Waals surface area contributed by atoms with Crippen LogP contribution in [0.2, 0.25) is 0 Å². The van der Waals surface area contributed by atoms with E-state index in [1.54, 1.807) is 7.11 Å². The van der Waals surface area contributed by atoms with Crippen molar-refractivity contribution >= 4 is 11.5 Å². The highest BCUT2D eigenvalue weighted by atomic mass is 16.5. The highest BCUT2D eigenvalue weighted by Gasteiger charge is 2.27. The van der Waals surface area contributed by atoms with Crippen molar-refractivity contribution in [3.63, 3.8) is 0 Å². The number of para-hydroxylation sites is 1. The lowest BCUT2D eigenvalue weighted by molar-refractivity contribution is 0.323. The van der Waals surface area contributed by atoms with Gasteiger partial charge in [0.15, 0.2) is 0 Å². The number of methoxy groups -OCH3 is 1. The van der Waals surface area contributed by atoms with Gasteiger partial charge in [0, 0.05) is 11.5 Å². The van der Waals surface area contributed by atoms with E-state index in [1.165, 1.54) is 5.01 Å². The van der Waals surface area contributed by atoms with Crippen LogP contribution in [0.5, 0.6) is 5.75 Å². The number of aliphatic hydroxyl groups is 1. The molecule has 5 heteroatoms. The molecule has 0 radical (unpaired) electrons. The third-order valence-corrected chi connectivity index (χ3v) is 2.99. The average Bonchev–Trinajstić information content (AvgIpc) is 2.79. The average molecular weight is 247 g/mol. The molecule has 2 rings (SSSR count). The number of nitrogens with one attached hydrogen (secondary N) is 1. The number of hydrogen-bond donors (Lipinski definition) is 2. The third-order valence-electron chi connectivity index (χ3n) is 2.99. The van der Waals surface area contributed by atoms with Crippen LogP contribution in [0, 0.1) is 11.3 Å². The van der Waals surface area contributed by atoms with Gasteiger partial charge in [0.2, 0.25) is 0 Å². The molecule has 0 aromatic heterocycles. The topological polar surface area (TPSA) is 68.9 Å². The van der Waals surface area contributed by atoms with Crippen LogP contribution in [0.4, 0.5) is 0 Å². The zero-order chi connectivity index (χ0) is 13.1. The molecule has 1 unspecified atom stereocenters. The van der Waals surface area contributed by atoms with E-state index in [0.29, 0.717) is 6.54 Å². The summed E-state index contributed by atoms with van der Waals surface area (Å²) in [5.74, 6) is 1.10. The first-order valence-corrected chi connectivity index (χ1v) is 5.85. The van der Waals surface area contributed by atoms with Gasteiger partial charge in [-0.15, -0.1) is 0 Å². The van der Waals surface area contributed by atoms with Crippen LogP contribution in [0.25, 0.3) is 0 Å². The molecule has 0 saturated heterocycles. The summed E-state index contributed by atoms with van der Waals surface area (Å²) >= 11 is 0. The van der Waals surface area contributed by atoms with Crippen LogP contribution in [-0.2, 0) is 0 Å². The Morgan fingerprint density at radius 2 is 2.28 bits per heavy atom. The van der Waals surface area contributed by atoms with Gasteiger partial charge in [-0.2, -0.15) is 5.10 Å². The zero-order valence-corrected chi connectivity index (χ0v) is 10.6. The van der Waals surface area contributed by atoms with Crippen LogP contribution in [-0.4, -0.2) is 41.9 Å². The maximum absolute atomic E-state index is 8.98. The number of benzene rings is 1. The molecule has 1 aliphatic heterocycles. The fourth-order valence-electron chi connectivity index (χ4n) is 2.04. The lowest BCUT2D eigenvalue weighted by Crippen LogP contribution is -2.27. The number of ether oxygens (including phenoxy) is 1. The van der Waals surface area contributed by atoms with E-state index in [-0.39, 0.29) is 18.4 Å². The van der Waals surface area contributed by atoms with Crippen LogP contribution >= 0.6 is 0 Å². The smallest absolute Gasteiger partial charge is 0.143 e. The number of nitrogens with zero attached hydrogens (tertiary/aromatic N) is 2. The lowest BCUT2D eigenvalue weighted by atomic mass is 9.98. The summed E-state index contributed by atoms with van der Waals surface area (Å²) in [6, 6.07) is 7.70. The van der Waals surface area contributed by atoms with Gasteiger partial charge in [0.25, 0.3) is 0 Å². The van der Waals surface area contributed by atoms with Crippen molar-refractivity contribution in [3.05, 3.63) is 29.8 Å². The van der Waals surface area contributed by atoms with Crippen molar-refractivity contribution in [2.45, 2.75) is 6.92 Å². The maximum Gasteiger partial charge on any atom is 0.143 e. The molecule has 1 heterocycles. The standard InChI is InChI=1S/C13H17N3O2/c1-9-7-16(12(14)8-17)15-13(9)10-5-3-4-6-11(10)18-2/h3-6,9,14,17H,7-8H2,1-2H3. The minimum Gasteiger partial charge on any atom is -0.496 e. The van der Waals surface area contributed by atoms with E-state index in [4.69, 9.17) is 15.3 Å². The van der Waals surface area contributed by atoms with E-state index in [0.717, 1.165) is 17.0 Å². The summed E-state index contributed by atoms with van der Waals surface area (Å²) in [6.45, 7) is 2.37. The van der Waals surface area contributed by atoms with Crippen molar-refractivity contribution in [1.29, 1.82) is 5.41 Å². The molecule has 0 spiro atoms. The molecule has 1 aromatic carbocycles. The Morgan fingerprint density at radius 1 is 1.56 bits per heavy atom. The quantitative estimate of drug-likeness (QED) is 0.625. The SMILES string of the molecule is COc1ccccc1C1=NN(C(=N)CO)CC1C. The van der Waals surface area contributed by atoms with Crippen molar-refractivity contribution in [2.24, 2.45) is 11.0 Å². The number of rotatable bonds is 3. The molecule has 0 bridgehead atoms. The normalized spacial score (nSPS) is 18.7. The van der Waals surface area contributed by atoms with Crippen LogP contribution < -0.4 is 4.74 Å². The molecular weight excluding hydrogens is 230 g/mol. The molecule has 5 nitrogen and oxygen atoms in total. The second kappa shape index (κ2) is 5.18. The summed E-state index contributed by atoms with van der Waals surface area (Å²) in [7, 11) is 1.63. The van der Waals surface area contributed by atoms with Crippen LogP contribution in [0.3, 0.4) is 0 Å². The molecule has 18 heavy (non-hydrogen) atoms. The van der Waals surface area contributed by atoms with E-state index >= 15 is 0 Å². The second-order valence-corrected chi connectivity index (χ2v) is 4.27. The number of hydrogen-bond acceptors (Lipinski definition) is 4. The molecule has 96 valence electrons. The van der Waals surface area contributed by atoms with Crippen molar-refractivity contribution in [2.75, 3.05) is 20.3 Å². The highest BCUT2D eigenvalue weighted by Crippen LogP contribution is 2.26. The first-order valence-electron chi connectivity index (χ1n) is 5.85. The predicted molar refractivity (Wildman–Crippen MR) is 70.2 cm³/mol. The molecule has 1 aromatic rings. The highest BCUT2D eigenvalue weighted by molar-refractivity contribution is 6.06. The Balaban J connectivity index is 2.35. The molecule has 0 amide bonds. The molecule has 0 saturated carbocycles. The summed E-state index contributed by atoms with van der Waals surface area (Å²) < 4.78 is 5.33. The summed E-state index contributed by atoms with van der Waals surface area (Å²) in [5, 5.41) is 22.5. The van der Waals surface area contributed by atoms with Crippen LogP contribution in [0.15, 0.2) is 29.4 Å². The third kappa shape index (κ3) is 2.22. The molecule has 1 atom stereocenters. The Labute approximate surface area is 106 Å². The second-order valence-electron chi connectivity index (χ2n) is 4.27. The van der Waals surface area contributed by atoms with Gasteiger partial charge in [0.1, 0.15) is 18.2 Å². The summed E-state index contributed by atoms with van der Waals surface area (Å²) in [5.41, 5.74) is 1.84. The van der Waals surface area contributed by atoms with E-state index in [1.807, 2.05) is 24.3 Å². The van der Waals surface area contributed by atoms with Gasteiger partial charge in [-0.05, 0) is 12.1 Å². The molecule has 2 N–H and O–H groups in total. The zero-order valence-electron chi connectivity index (χ0n) is 10.6. The van der Waals surface area contributed by atoms with E-state index < -0.39 is 0 Å². The van der Waals surface area contributed by atoms with E-state index in [2.05, 4.69) is 12.0 Å². The number of hydrazone groups is 1.